The first kappa shape index (κ1) is 15.1. The monoisotopic (exact) mass is 323 g/mol. The van der Waals surface area contributed by atoms with E-state index < -0.39 is 0 Å². The standard InChI is InChI=1S/C19H21N3O2/c23-18(13-7-9-22(10-8-13)19(24)14-5-6-14)21-16-11-15-3-1-2-4-17(15)20-12-16/h1-4,11-14H,5-10H2,(H,21,23). The van der Waals surface area contributed by atoms with E-state index in [9.17, 15) is 9.59 Å². The molecular formula is C19H21N3O2. The summed E-state index contributed by atoms with van der Waals surface area (Å²) >= 11 is 0. The molecule has 2 aliphatic rings. The molecule has 24 heavy (non-hydrogen) atoms. The molecule has 0 bridgehead atoms. The summed E-state index contributed by atoms with van der Waals surface area (Å²) in [4.78, 5) is 30.9. The number of aromatic nitrogens is 1. The van der Waals surface area contributed by atoms with Crippen molar-refractivity contribution in [1.29, 1.82) is 0 Å². The Hall–Kier alpha value is -2.43. The highest BCUT2D eigenvalue weighted by Crippen LogP contribution is 2.32. The average Bonchev–Trinajstić information content (AvgIpc) is 3.46. The number of benzene rings is 1. The highest BCUT2D eigenvalue weighted by Gasteiger charge is 2.35. The third kappa shape index (κ3) is 3.11. The van der Waals surface area contributed by atoms with Gasteiger partial charge in [0.05, 0.1) is 17.4 Å². The summed E-state index contributed by atoms with van der Waals surface area (Å²) in [6.45, 7) is 1.40. The van der Waals surface area contributed by atoms with E-state index in [1.165, 1.54) is 0 Å². The molecule has 0 radical (unpaired) electrons. The number of likely N-dealkylation sites (tertiary alicyclic amines) is 1. The fourth-order valence-corrected chi connectivity index (χ4v) is 3.33. The maximum atomic E-state index is 12.5. The first-order valence-electron chi connectivity index (χ1n) is 8.65. The van der Waals surface area contributed by atoms with Crippen LogP contribution in [-0.4, -0.2) is 34.8 Å². The molecule has 1 aliphatic carbocycles. The molecule has 0 spiro atoms. The number of rotatable bonds is 3. The fourth-order valence-electron chi connectivity index (χ4n) is 3.33. The Balaban J connectivity index is 1.36. The van der Waals surface area contributed by atoms with Crippen molar-refractivity contribution in [2.24, 2.45) is 11.8 Å². The third-order valence-corrected chi connectivity index (χ3v) is 4.96. The lowest BCUT2D eigenvalue weighted by Gasteiger charge is -2.31. The van der Waals surface area contributed by atoms with Crippen molar-refractivity contribution in [3.8, 4) is 0 Å². The lowest BCUT2D eigenvalue weighted by molar-refractivity contribution is -0.135. The van der Waals surface area contributed by atoms with E-state index in [-0.39, 0.29) is 23.7 Å². The van der Waals surface area contributed by atoms with Crippen LogP contribution in [0.2, 0.25) is 0 Å². The van der Waals surface area contributed by atoms with E-state index in [2.05, 4.69) is 10.3 Å². The first-order valence-corrected chi connectivity index (χ1v) is 8.65. The van der Waals surface area contributed by atoms with Crippen LogP contribution in [0.3, 0.4) is 0 Å². The van der Waals surface area contributed by atoms with Crippen LogP contribution in [0.5, 0.6) is 0 Å². The molecule has 124 valence electrons. The minimum Gasteiger partial charge on any atom is -0.342 e. The van der Waals surface area contributed by atoms with E-state index in [4.69, 9.17) is 0 Å². The summed E-state index contributed by atoms with van der Waals surface area (Å²) in [5.41, 5.74) is 1.65. The highest BCUT2D eigenvalue weighted by molar-refractivity contribution is 5.94. The number of fused-ring (bicyclic) bond motifs is 1. The van der Waals surface area contributed by atoms with Crippen molar-refractivity contribution < 1.29 is 9.59 Å². The van der Waals surface area contributed by atoms with Gasteiger partial charge in [-0.25, -0.2) is 0 Å². The van der Waals surface area contributed by atoms with Gasteiger partial charge < -0.3 is 10.2 Å². The average molecular weight is 323 g/mol. The van der Waals surface area contributed by atoms with Gasteiger partial charge in [-0.3, -0.25) is 14.6 Å². The number of nitrogens with one attached hydrogen (secondary N) is 1. The molecular weight excluding hydrogens is 302 g/mol. The van der Waals surface area contributed by atoms with Crippen molar-refractivity contribution >= 4 is 28.4 Å². The Morgan fingerprint density at radius 1 is 1.04 bits per heavy atom. The van der Waals surface area contributed by atoms with Crippen LogP contribution in [0.4, 0.5) is 5.69 Å². The van der Waals surface area contributed by atoms with Crippen molar-refractivity contribution in [3.05, 3.63) is 36.5 Å². The molecule has 1 aromatic heterocycles. The lowest BCUT2D eigenvalue weighted by atomic mass is 9.95. The van der Waals surface area contributed by atoms with Gasteiger partial charge in [-0.15, -0.1) is 0 Å². The van der Waals surface area contributed by atoms with Gasteiger partial charge in [-0.1, -0.05) is 18.2 Å². The number of hydrogen-bond donors (Lipinski definition) is 1. The molecule has 1 saturated heterocycles. The molecule has 1 aliphatic heterocycles. The molecule has 2 aromatic rings. The summed E-state index contributed by atoms with van der Waals surface area (Å²) in [7, 11) is 0. The van der Waals surface area contributed by atoms with Crippen LogP contribution in [0.1, 0.15) is 25.7 Å². The number of nitrogens with zero attached hydrogens (tertiary/aromatic N) is 2. The number of anilines is 1. The second kappa shape index (κ2) is 6.23. The summed E-state index contributed by atoms with van der Waals surface area (Å²) in [6.07, 6.45) is 5.25. The molecule has 1 saturated carbocycles. The number of para-hydroxylation sites is 1. The van der Waals surface area contributed by atoms with Crippen molar-refractivity contribution in [2.45, 2.75) is 25.7 Å². The highest BCUT2D eigenvalue weighted by atomic mass is 16.2. The Bertz CT molecular complexity index is 777. The van der Waals surface area contributed by atoms with Crippen LogP contribution >= 0.6 is 0 Å². The molecule has 5 nitrogen and oxygen atoms in total. The van der Waals surface area contributed by atoms with Crippen LogP contribution in [0, 0.1) is 11.8 Å². The maximum Gasteiger partial charge on any atom is 0.227 e. The van der Waals surface area contributed by atoms with E-state index >= 15 is 0 Å². The van der Waals surface area contributed by atoms with Crippen molar-refractivity contribution in [1.82, 2.24) is 9.88 Å². The Morgan fingerprint density at radius 3 is 2.54 bits per heavy atom. The number of amides is 2. The largest absolute Gasteiger partial charge is 0.342 e. The minimum atomic E-state index is -0.0280. The van der Waals surface area contributed by atoms with Gasteiger partial charge in [0.2, 0.25) is 11.8 Å². The Labute approximate surface area is 141 Å². The van der Waals surface area contributed by atoms with Crippen molar-refractivity contribution in [3.63, 3.8) is 0 Å². The molecule has 1 aromatic carbocycles. The smallest absolute Gasteiger partial charge is 0.227 e. The Kier molecular flexibility index (Phi) is 3.92. The molecule has 5 heteroatoms. The van der Waals surface area contributed by atoms with E-state index in [1.54, 1.807) is 6.20 Å². The third-order valence-electron chi connectivity index (χ3n) is 4.96. The summed E-state index contributed by atoms with van der Waals surface area (Å²) in [5.74, 6) is 0.553. The minimum absolute atomic E-state index is 0.0280. The van der Waals surface area contributed by atoms with Gasteiger partial charge in [0.25, 0.3) is 0 Å². The predicted molar refractivity (Wildman–Crippen MR) is 92.4 cm³/mol. The number of piperidine rings is 1. The summed E-state index contributed by atoms with van der Waals surface area (Å²) in [6, 6.07) is 9.80. The second-order valence-electron chi connectivity index (χ2n) is 6.78. The quantitative estimate of drug-likeness (QED) is 0.945. The van der Waals surface area contributed by atoms with Crippen molar-refractivity contribution in [2.75, 3.05) is 18.4 Å². The number of hydrogen-bond acceptors (Lipinski definition) is 3. The Morgan fingerprint density at radius 2 is 1.79 bits per heavy atom. The topological polar surface area (TPSA) is 62.3 Å². The maximum absolute atomic E-state index is 12.5. The molecule has 4 rings (SSSR count). The van der Waals surface area contributed by atoms with Gasteiger partial charge in [-0.2, -0.15) is 0 Å². The molecule has 0 atom stereocenters. The zero-order valence-corrected chi connectivity index (χ0v) is 13.6. The molecule has 0 unspecified atom stereocenters. The van der Waals surface area contributed by atoms with E-state index in [1.807, 2.05) is 35.2 Å². The van der Waals surface area contributed by atoms with Gasteiger partial charge in [0.1, 0.15) is 0 Å². The van der Waals surface area contributed by atoms with Gasteiger partial charge in [0, 0.05) is 30.3 Å². The second-order valence-corrected chi connectivity index (χ2v) is 6.78. The lowest BCUT2D eigenvalue weighted by Crippen LogP contribution is -2.42. The van der Waals surface area contributed by atoms with Gasteiger partial charge in [-0.05, 0) is 37.8 Å². The summed E-state index contributed by atoms with van der Waals surface area (Å²) in [5, 5.41) is 3.99. The van der Waals surface area contributed by atoms with E-state index in [0.29, 0.717) is 13.1 Å². The van der Waals surface area contributed by atoms with E-state index in [0.717, 1.165) is 42.3 Å². The number of carbonyl (C=O) groups is 2. The zero-order chi connectivity index (χ0) is 16.5. The van der Waals surface area contributed by atoms with Crippen LogP contribution in [-0.2, 0) is 9.59 Å². The first-order chi connectivity index (χ1) is 11.7. The normalized spacial score (nSPS) is 18.6. The van der Waals surface area contributed by atoms with Crippen LogP contribution in [0.15, 0.2) is 36.5 Å². The molecule has 2 heterocycles. The van der Waals surface area contributed by atoms with Crippen LogP contribution in [0.25, 0.3) is 10.9 Å². The molecule has 2 amide bonds. The molecule has 1 N–H and O–H groups in total. The summed E-state index contributed by atoms with van der Waals surface area (Å²) < 4.78 is 0. The number of pyridine rings is 1. The molecule has 2 fully saturated rings. The number of carbonyl (C=O) groups excluding carboxylic acids is 2. The predicted octanol–water partition coefficient (Wildman–Crippen LogP) is 2.82. The SMILES string of the molecule is O=C(Nc1cnc2ccccc2c1)C1CCN(C(=O)C2CC2)CC1. The van der Waals surface area contributed by atoms with Gasteiger partial charge >= 0.3 is 0 Å². The zero-order valence-electron chi connectivity index (χ0n) is 13.6. The van der Waals surface area contributed by atoms with Gasteiger partial charge in [0.15, 0.2) is 0 Å². The fraction of sp³-hybridized carbons (Fsp3) is 0.421. The van der Waals surface area contributed by atoms with Crippen LogP contribution < -0.4 is 5.32 Å².